The van der Waals surface area contributed by atoms with E-state index in [1.165, 1.54) is 36.4 Å². The van der Waals surface area contributed by atoms with E-state index in [1.54, 1.807) is 14.2 Å². The smallest absolute Gasteiger partial charge is 0.231 e. The van der Waals surface area contributed by atoms with E-state index in [4.69, 9.17) is 25.8 Å². The molecule has 0 aliphatic carbocycles. The van der Waals surface area contributed by atoms with Gasteiger partial charge in [-0.25, -0.2) is 4.39 Å². The quantitative estimate of drug-likeness (QED) is 0.609. The predicted molar refractivity (Wildman–Crippen MR) is 108 cm³/mol. The van der Waals surface area contributed by atoms with Gasteiger partial charge in [-0.1, -0.05) is 29.5 Å². The van der Waals surface area contributed by atoms with Crippen molar-refractivity contribution in [3.8, 4) is 11.5 Å². The number of methoxy groups -OCH3 is 2. The number of Topliss-reactive ketones (excluding diaryl/α,β-unsaturated/α-hetero) is 1. The Labute approximate surface area is 179 Å². The maximum atomic E-state index is 14.1. The molecule has 0 unspecified atom stereocenters. The van der Waals surface area contributed by atoms with Gasteiger partial charge < -0.3 is 24.2 Å². The molecule has 8 heteroatoms. The number of rotatable bonds is 9. The van der Waals surface area contributed by atoms with Crippen LogP contribution in [0.2, 0.25) is 5.02 Å². The Balaban J connectivity index is 1.93. The van der Waals surface area contributed by atoms with Crippen LogP contribution in [-0.4, -0.2) is 46.3 Å². The van der Waals surface area contributed by atoms with Gasteiger partial charge in [0.05, 0.1) is 23.8 Å². The highest BCUT2D eigenvalue weighted by Gasteiger charge is 2.31. The number of hydrogen-bond donors (Lipinski definition) is 1. The highest BCUT2D eigenvalue weighted by molar-refractivity contribution is 6.32. The van der Waals surface area contributed by atoms with Gasteiger partial charge in [-0.15, -0.1) is 0 Å². The summed E-state index contributed by atoms with van der Waals surface area (Å²) in [5.41, 5.74) is 0.735. The van der Waals surface area contributed by atoms with Gasteiger partial charge in [-0.3, -0.25) is 4.79 Å². The normalized spacial score (nSPS) is 14.4. The molecule has 2 aromatic rings. The molecule has 0 aromatic heterocycles. The molecule has 0 radical (unpaired) electrons. The largest absolute Gasteiger partial charge is 0.872 e. The number of ether oxygens (including phenoxy) is 3. The SMILES string of the molecule is COCC[NH+](CCOC)Cc1c([O-])ccc2c1O/C(=C\c1c(F)cccc1Cl)C2=O. The number of carbonyl (C=O) groups is 1. The number of ketones is 1. The Kier molecular flexibility index (Phi) is 7.44. The zero-order valence-corrected chi connectivity index (χ0v) is 17.6. The van der Waals surface area contributed by atoms with E-state index >= 15 is 0 Å². The van der Waals surface area contributed by atoms with E-state index in [0.29, 0.717) is 38.4 Å². The number of fused-ring (bicyclic) bond motifs is 1. The first-order valence-electron chi connectivity index (χ1n) is 9.48. The average molecular weight is 436 g/mol. The summed E-state index contributed by atoms with van der Waals surface area (Å²) >= 11 is 6.06. The van der Waals surface area contributed by atoms with Crippen LogP contribution in [0.3, 0.4) is 0 Å². The van der Waals surface area contributed by atoms with Crippen molar-refractivity contribution in [3.63, 3.8) is 0 Å². The second kappa shape index (κ2) is 10.0. The fourth-order valence-corrected chi connectivity index (χ4v) is 3.50. The number of nitrogens with one attached hydrogen (secondary N) is 1. The van der Waals surface area contributed by atoms with Crippen molar-refractivity contribution < 1.29 is 33.4 Å². The Morgan fingerprint density at radius 1 is 1.17 bits per heavy atom. The standard InChI is InChI=1S/C22H23ClFNO5/c1-28-10-8-25(9-11-29-2)13-16-19(26)7-6-14-21(27)20(30-22(14)16)12-15-17(23)4-3-5-18(15)24/h3-7,12,26H,8-11,13H2,1-2H3/b20-12-. The third-order valence-corrected chi connectivity index (χ3v) is 5.25. The number of benzene rings is 2. The summed E-state index contributed by atoms with van der Waals surface area (Å²) in [6, 6.07) is 7.05. The predicted octanol–water partition coefficient (Wildman–Crippen LogP) is 1.85. The van der Waals surface area contributed by atoms with Gasteiger partial charge in [-0.2, -0.15) is 0 Å². The average Bonchev–Trinajstić information content (AvgIpc) is 3.04. The number of allylic oxidation sites excluding steroid dienone is 1. The number of halogens is 2. The maximum absolute atomic E-state index is 14.1. The first-order valence-corrected chi connectivity index (χ1v) is 9.86. The second-order valence-corrected chi connectivity index (χ2v) is 7.31. The fraction of sp³-hybridized carbons (Fsp3) is 0.318. The molecule has 1 aliphatic rings. The van der Waals surface area contributed by atoms with E-state index in [9.17, 15) is 14.3 Å². The van der Waals surface area contributed by atoms with E-state index in [1.807, 2.05) is 0 Å². The van der Waals surface area contributed by atoms with Crippen molar-refractivity contribution in [2.45, 2.75) is 6.54 Å². The van der Waals surface area contributed by atoms with Crippen LogP contribution in [0.4, 0.5) is 4.39 Å². The Bertz CT molecular complexity index is 935. The summed E-state index contributed by atoms with van der Waals surface area (Å²) in [6.07, 6.45) is 1.27. The summed E-state index contributed by atoms with van der Waals surface area (Å²) in [5.74, 6) is -1.06. The molecular formula is C22H23ClFNO5. The summed E-state index contributed by atoms with van der Waals surface area (Å²) < 4.78 is 30.2. The number of quaternary nitrogens is 1. The van der Waals surface area contributed by atoms with Gasteiger partial charge in [0, 0.05) is 25.3 Å². The van der Waals surface area contributed by atoms with Gasteiger partial charge >= 0.3 is 0 Å². The number of hydrogen-bond acceptors (Lipinski definition) is 5. The van der Waals surface area contributed by atoms with Crippen LogP contribution in [0, 0.1) is 5.82 Å². The van der Waals surface area contributed by atoms with E-state index in [2.05, 4.69) is 0 Å². The lowest BCUT2D eigenvalue weighted by atomic mass is 10.0. The maximum Gasteiger partial charge on any atom is 0.231 e. The van der Waals surface area contributed by atoms with Crippen LogP contribution in [0.15, 0.2) is 36.1 Å². The van der Waals surface area contributed by atoms with Crippen LogP contribution in [0.1, 0.15) is 21.5 Å². The molecule has 1 heterocycles. The van der Waals surface area contributed by atoms with Crippen LogP contribution in [0.25, 0.3) is 6.08 Å². The molecule has 0 atom stereocenters. The monoisotopic (exact) mass is 435 g/mol. The van der Waals surface area contributed by atoms with Gasteiger partial charge in [-0.05, 0) is 24.3 Å². The molecule has 0 saturated heterocycles. The molecule has 1 aliphatic heterocycles. The van der Waals surface area contributed by atoms with Gasteiger partial charge in [0.1, 0.15) is 31.2 Å². The molecule has 1 N–H and O–H groups in total. The van der Waals surface area contributed by atoms with Crippen molar-refractivity contribution in [3.05, 3.63) is 63.6 Å². The molecular weight excluding hydrogens is 413 g/mol. The first-order chi connectivity index (χ1) is 14.5. The molecule has 2 aromatic carbocycles. The molecule has 0 spiro atoms. The van der Waals surface area contributed by atoms with E-state index in [-0.39, 0.29) is 33.4 Å². The van der Waals surface area contributed by atoms with E-state index in [0.717, 1.165) is 4.90 Å². The van der Waals surface area contributed by atoms with Crippen molar-refractivity contribution in [2.75, 3.05) is 40.5 Å². The molecule has 0 saturated carbocycles. The highest BCUT2D eigenvalue weighted by Crippen LogP contribution is 2.38. The van der Waals surface area contributed by atoms with E-state index < -0.39 is 11.6 Å². The molecule has 0 fully saturated rings. The second-order valence-electron chi connectivity index (χ2n) is 6.91. The summed E-state index contributed by atoms with van der Waals surface area (Å²) in [6.45, 7) is 2.68. The van der Waals surface area contributed by atoms with Gasteiger partial charge in [0.25, 0.3) is 0 Å². The lowest BCUT2D eigenvalue weighted by Crippen LogP contribution is -3.11. The fourth-order valence-electron chi connectivity index (χ4n) is 3.28. The zero-order valence-electron chi connectivity index (χ0n) is 16.8. The highest BCUT2D eigenvalue weighted by atomic mass is 35.5. The van der Waals surface area contributed by atoms with Gasteiger partial charge in [0.15, 0.2) is 5.76 Å². The molecule has 6 nitrogen and oxygen atoms in total. The van der Waals surface area contributed by atoms with Crippen LogP contribution < -0.4 is 14.7 Å². The van der Waals surface area contributed by atoms with Gasteiger partial charge in [0.2, 0.25) is 5.78 Å². The molecule has 160 valence electrons. The topological polar surface area (TPSA) is 72.3 Å². The molecule has 3 rings (SSSR count). The lowest BCUT2D eigenvalue weighted by molar-refractivity contribution is -0.914. The third kappa shape index (κ3) is 4.82. The summed E-state index contributed by atoms with van der Waals surface area (Å²) in [4.78, 5) is 13.9. The van der Waals surface area contributed by atoms with Crippen LogP contribution in [-0.2, 0) is 16.0 Å². The van der Waals surface area contributed by atoms with Crippen LogP contribution >= 0.6 is 11.6 Å². The summed E-state index contributed by atoms with van der Waals surface area (Å²) in [5, 5.41) is 12.7. The Morgan fingerprint density at radius 2 is 1.87 bits per heavy atom. The van der Waals surface area contributed by atoms with Crippen molar-refractivity contribution in [1.82, 2.24) is 0 Å². The zero-order chi connectivity index (χ0) is 21.7. The minimum atomic E-state index is -0.568. The van der Waals surface area contributed by atoms with Crippen molar-refractivity contribution >= 4 is 23.5 Å². The lowest BCUT2D eigenvalue weighted by Gasteiger charge is -2.23. The Morgan fingerprint density at radius 3 is 2.50 bits per heavy atom. The minimum absolute atomic E-state index is 0.0617. The number of carbonyl (C=O) groups excluding carboxylic acids is 1. The molecule has 30 heavy (non-hydrogen) atoms. The van der Waals surface area contributed by atoms with Crippen LogP contribution in [0.5, 0.6) is 11.5 Å². The molecule has 0 amide bonds. The molecule has 0 bridgehead atoms. The van der Waals surface area contributed by atoms with Crippen molar-refractivity contribution in [2.24, 2.45) is 0 Å². The Hall–Kier alpha value is -2.45. The first kappa shape index (κ1) is 22.2. The summed E-state index contributed by atoms with van der Waals surface area (Å²) in [7, 11) is 3.22. The van der Waals surface area contributed by atoms with Crippen molar-refractivity contribution in [1.29, 1.82) is 0 Å². The third-order valence-electron chi connectivity index (χ3n) is 4.92. The minimum Gasteiger partial charge on any atom is -0.872 e.